The highest BCUT2D eigenvalue weighted by Gasteiger charge is 2.27. The second-order valence-electron chi connectivity index (χ2n) is 6.24. The van der Waals surface area contributed by atoms with Crippen LogP contribution < -0.4 is 10.6 Å². The first-order valence-electron chi connectivity index (χ1n) is 8.48. The number of aromatic hydroxyl groups is 1. The number of halogens is 1. The number of furan rings is 1. The van der Waals surface area contributed by atoms with Crippen molar-refractivity contribution in [2.75, 3.05) is 0 Å². The quantitative estimate of drug-likeness (QED) is 0.298. The average Bonchev–Trinajstić information content (AvgIpc) is 3.21. The van der Waals surface area contributed by atoms with Crippen molar-refractivity contribution in [1.29, 1.82) is 0 Å². The van der Waals surface area contributed by atoms with Crippen molar-refractivity contribution in [1.82, 2.24) is 10.6 Å². The monoisotopic (exact) mass is 486 g/mol. The molecule has 0 spiro atoms. The molecule has 28 heavy (non-hydrogen) atoms. The number of amides is 2. The minimum absolute atomic E-state index is 0.180. The van der Waals surface area contributed by atoms with Crippen LogP contribution >= 0.6 is 22.6 Å². The number of phenolic OH excluding ortho intramolecular Hbond substituents is 1. The maximum Gasteiger partial charge on any atom is 0.260 e. The second-order valence-corrected chi connectivity index (χ2v) is 7.40. The number of benzene rings is 2. The van der Waals surface area contributed by atoms with E-state index in [9.17, 15) is 14.7 Å². The topological polar surface area (TPSA) is 91.6 Å². The number of hydrogen-bond acceptors (Lipinski definition) is 5. The van der Waals surface area contributed by atoms with Crippen LogP contribution in [0.5, 0.6) is 5.75 Å². The zero-order valence-corrected chi connectivity index (χ0v) is 16.7. The number of imide groups is 1. The van der Waals surface area contributed by atoms with Crippen LogP contribution in [0.2, 0.25) is 0 Å². The van der Waals surface area contributed by atoms with Crippen LogP contribution in [-0.4, -0.2) is 16.9 Å². The van der Waals surface area contributed by atoms with Gasteiger partial charge in [0.1, 0.15) is 11.5 Å². The van der Waals surface area contributed by atoms with Crippen molar-refractivity contribution < 1.29 is 19.1 Å². The molecule has 2 amide bonds. The van der Waals surface area contributed by atoms with Gasteiger partial charge in [0, 0.05) is 33.0 Å². The summed E-state index contributed by atoms with van der Waals surface area (Å²) in [7, 11) is 0. The van der Waals surface area contributed by atoms with Crippen LogP contribution in [0.4, 0.5) is 0 Å². The molecule has 0 bridgehead atoms. The standard InChI is InChI=1S/C21H15IN2O4/c22-18-6-4-14(25)8-13(18)10-23-11-17-16-9-12(19-2-1-7-28-19)3-5-15(16)20(26)24-21(17)27/h1-9,11,23,25H,10H2,(H,24,26,27). The fraction of sp³-hybridized carbons (Fsp3) is 0.0476. The molecule has 2 aromatic carbocycles. The predicted octanol–water partition coefficient (Wildman–Crippen LogP) is 3.66. The van der Waals surface area contributed by atoms with Crippen molar-refractivity contribution in [3.8, 4) is 17.1 Å². The van der Waals surface area contributed by atoms with Gasteiger partial charge in [-0.1, -0.05) is 6.07 Å². The van der Waals surface area contributed by atoms with E-state index in [0.717, 1.165) is 14.7 Å². The zero-order valence-electron chi connectivity index (χ0n) is 14.5. The third-order valence-corrected chi connectivity index (χ3v) is 5.45. The van der Waals surface area contributed by atoms with Gasteiger partial charge >= 0.3 is 0 Å². The SMILES string of the molecule is O=C1NC(=O)c2ccc(-c3ccco3)cc2C1=CNCc1cc(O)ccc1I. The van der Waals surface area contributed by atoms with Crippen LogP contribution in [-0.2, 0) is 11.3 Å². The average molecular weight is 486 g/mol. The number of carbonyl (C=O) groups is 2. The molecule has 2 heterocycles. The van der Waals surface area contributed by atoms with E-state index in [1.165, 1.54) is 0 Å². The Morgan fingerprint density at radius 1 is 1.07 bits per heavy atom. The highest BCUT2D eigenvalue weighted by Crippen LogP contribution is 2.29. The van der Waals surface area contributed by atoms with Crippen molar-refractivity contribution in [2.24, 2.45) is 0 Å². The molecular formula is C21H15IN2O4. The fourth-order valence-corrected chi connectivity index (χ4v) is 3.55. The van der Waals surface area contributed by atoms with Gasteiger partial charge in [0.2, 0.25) is 0 Å². The van der Waals surface area contributed by atoms with Gasteiger partial charge in [0.15, 0.2) is 0 Å². The van der Waals surface area contributed by atoms with Crippen molar-refractivity contribution in [3.05, 3.63) is 81.3 Å². The molecule has 1 aliphatic rings. The van der Waals surface area contributed by atoms with E-state index in [1.54, 1.807) is 48.9 Å². The van der Waals surface area contributed by atoms with Gasteiger partial charge in [-0.3, -0.25) is 14.9 Å². The van der Waals surface area contributed by atoms with Crippen molar-refractivity contribution in [3.63, 3.8) is 0 Å². The fourth-order valence-electron chi connectivity index (χ4n) is 3.02. The number of fused-ring (bicyclic) bond motifs is 1. The molecule has 0 saturated heterocycles. The van der Waals surface area contributed by atoms with Crippen LogP contribution in [0.1, 0.15) is 21.5 Å². The summed E-state index contributed by atoms with van der Waals surface area (Å²) >= 11 is 2.18. The van der Waals surface area contributed by atoms with E-state index in [2.05, 4.69) is 33.2 Å². The maximum absolute atomic E-state index is 12.4. The van der Waals surface area contributed by atoms with Crippen LogP contribution in [0, 0.1) is 3.57 Å². The van der Waals surface area contributed by atoms with Crippen LogP contribution in [0.3, 0.4) is 0 Å². The Morgan fingerprint density at radius 2 is 1.93 bits per heavy atom. The molecule has 0 fully saturated rings. The summed E-state index contributed by atoms with van der Waals surface area (Å²) in [5.41, 5.74) is 3.00. The molecule has 0 atom stereocenters. The predicted molar refractivity (Wildman–Crippen MR) is 112 cm³/mol. The van der Waals surface area contributed by atoms with E-state index in [4.69, 9.17) is 4.42 Å². The first kappa shape index (κ1) is 18.3. The minimum Gasteiger partial charge on any atom is -0.508 e. The zero-order chi connectivity index (χ0) is 19.7. The van der Waals surface area contributed by atoms with Gasteiger partial charge in [0.05, 0.1) is 11.8 Å². The molecular weight excluding hydrogens is 471 g/mol. The normalized spacial score (nSPS) is 14.7. The van der Waals surface area contributed by atoms with E-state index < -0.39 is 11.8 Å². The van der Waals surface area contributed by atoms with Gasteiger partial charge in [0.25, 0.3) is 11.8 Å². The highest BCUT2D eigenvalue weighted by molar-refractivity contribution is 14.1. The lowest BCUT2D eigenvalue weighted by molar-refractivity contribution is -0.114. The molecule has 3 N–H and O–H groups in total. The molecule has 1 aromatic heterocycles. The number of hydrogen-bond donors (Lipinski definition) is 3. The molecule has 0 aliphatic carbocycles. The molecule has 0 unspecified atom stereocenters. The first-order chi connectivity index (χ1) is 13.5. The Kier molecular flexibility index (Phi) is 4.91. The third-order valence-electron chi connectivity index (χ3n) is 4.40. The number of phenols is 1. The summed E-state index contributed by atoms with van der Waals surface area (Å²) in [6.45, 7) is 0.421. The second kappa shape index (κ2) is 7.51. The lowest BCUT2D eigenvalue weighted by atomic mass is 9.93. The molecule has 7 heteroatoms. The third kappa shape index (κ3) is 3.53. The summed E-state index contributed by atoms with van der Waals surface area (Å²) in [5.74, 6) is -0.0555. The molecule has 4 rings (SSSR count). The minimum atomic E-state index is -0.466. The lowest BCUT2D eigenvalue weighted by Gasteiger charge is -2.19. The Morgan fingerprint density at radius 3 is 2.71 bits per heavy atom. The van der Waals surface area contributed by atoms with Crippen LogP contribution in [0.15, 0.2) is 65.4 Å². The summed E-state index contributed by atoms with van der Waals surface area (Å²) < 4.78 is 6.41. The summed E-state index contributed by atoms with van der Waals surface area (Å²) in [4.78, 5) is 24.6. The molecule has 0 radical (unpaired) electrons. The Balaban J connectivity index is 1.67. The smallest absolute Gasteiger partial charge is 0.260 e. The van der Waals surface area contributed by atoms with E-state index >= 15 is 0 Å². The molecule has 1 aliphatic heterocycles. The van der Waals surface area contributed by atoms with Gasteiger partial charge in [-0.25, -0.2) is 0 Å². The first-order valence-corrected chi connectivity index (χ1v) is 9.56. The summed E-state index contributed by atoms with van der Waals surface area (Å²) in [6, 6.07) is 13.9. The van der Waals surface area contributed by atoms with Gasteiger partial charge in [-0.15, -0.1) is 0 Å². The molecule has 6 nitrogen and oxygen atoms in total. The van der Waals surface area contributed by atoms with Gasteiger partial charge in [-0.2, -0.15) is 0 Å². The van der Waals surface area contributed by atoms with Crippen molar-refractivity contribution in [2.45, 2.75) is 6.54 Å². The molecule has 140 valence electrons. The number of carbonyl (C=O) groups excluding carboxylic acids is 2. The Hall–Kier alpha value is -3.07. The Labute approximate surface area is 174 Å². The van der Waals surface area contributed by atoms with Crippen LogP contribution in [0.25, 0.3) is 16.9 Å². The highest BCUT2D eigenvalue weighted by atomic mass is 127. The van der Waals surface area contributed by atoms with E-state index in [-0.39, 0.29) is 5.75 Å². The van der Waals surface area contributed by atoms with Gasteiger partial charge in [-0.05, 0) is 70.6 Å². The lowest BCUT2D eigenvalue weighted by Crippen LogP contribution is -2.37. The number of rotatable bonds is 4. The summed E-state index contributed by atoms with van der Waals surface area (Å²) in [5, 5.41) is 15.1. The number of nitrogens with one attached hydrogen (secondary N) is 2. The molecule has 0 saturated carbocycles. The maximum atomic E-state index is 12.4. The van der Waals surface area contributed by atoms with Crippen molar-refractivity contribution >= 4 is 40.0 Å². The van der Waals surface area contributed by atoms with E-state index in [1.807, 2.05) is 12.1 Å². The van der Waals surface area contributed by atoms with E-state index in [0.29, 0.717) is 29.0 Å². The molecule has 3 aromatic rings. The summed E-state index contributed by atoms with van der Waals surface area (Å²) in [6.07, 6.45) is 3.16. The largest absolute Gasteiger partial charge is 0.508 e. The van der Waals surface area contributed by atoms with Gasteiger partial charge < -0.3 is 14.8 Å². The Bertz CT molecular complexity index is 1100.